The van der Waals surface area contributed by atoms with Gasteiger partial charge in [0.2, 0.25) is 5.91 Å². The van der Waals surface area contributed by atoms with Gasteiger partial charge in [-0.05, 0) is 12.1 Å². The van der Waals surface area contributed by atoms with E-state index in [0.717, 1.165) is 0 Å². The molecule has 1 heterocycles. The van der Waals surface area contributed by atoms with Crippen LogP contribution in [0.25, 0.3) is 0 Å². The molecule has 0 aliphatic carbocycles. The Labute approximate surface area is 107 Å². The molecule has 2 atom stereocenters. The molecule has 0 aromatic carbocycles. The van der Waals surface area contributed by atoms with Crippen molar-refractivity contribution in [3.05, 3.63) is 30.1 Å². The SMILES string of the molecule is CC(=O)N[C@@H](CS(=O)Cc1ccccn1)C(=O)O. The second-order valence-electron chi connectivity index (χ2n) is 3.66. The summed E-state index contributed by atoms with van der Waals surface area (Å²) in [4.78, 5) is 25.7. The normalized spacial score (nSPS) is 13.6. The number of aliphatic carboxylic acids is 1. The first kappa shape index (κ1) is 14.3. The fraction of sp³-hybridized carbons (Fsp3) is 0.364. The van der Waals surface area contributed by atoms with E-state index in [1.807, 2.05) is 0 Å². The molecule has 1 aromatic heterocycles. The molecule has 0 aliphatic heterocycles. The monoisotopic (exact) mass is 270 g/mol. The lowest BCUT2D eigenvalue weighted by molar-refractivity contribution is -0.140. The minimum atomic E-state index is -1.40. The average molecular weight is 270 g/mol. The molecule has 0 radical (unpaired) electrons. The number of carboxylic acid groups (broad SMARTS) is 1. The molecule has 1 unspecified atom stereocenters. The van der Waals surface area contributed by atoms with Gasteiger partial charge in [-0.3, -0.25) is 14.0 Å². The molecule has 0 aliphatic rings. The van der Waals surface area contributed by atoms with Gasteiger partial charge in [-0.2, -0.15) is 0 Å². The van der Waals surface area contributed by atoms with Crippen molar-refractivity contribution in [2.75, 3.05) is 5.75 Å². The van der Waals surface area contributed by atoms with Crippen LogP contribution in [-0.2, 0) is 26.1 Å². The lowest BCUT2D eigenvalue weighted by atomic mass is 10.3. The van der Waals surface area contributed by atoms with Gasteiger partial charge in [0.25, 0.3) is 0 Å². The molecule has 0 fully saturated rings. The van der Waals surface area contributed by atoms with Crippen LogP contribution in [0.5, 0.6) is 0 Å². The number of pyridine rings is 1. The van der Waals surface area contributed by atoms with Gasteiger partial charge in [-0.15, -0.1) is 0 Å². The zero-order valence-corrected chi connectivity index (χ0v) is 10.6. The van der Waals surface area contributed by atoms with Crippen LogP contribution in [0, 0.1) is 0 Å². The largest absolute Gasteiger partial charge is 0.480 e. The van der Waals surface area contributed by atoms with Crippen LogP contribution >= 0.6 is 0 Å². The minimum absolute atomic E-state index is 0.133. The number of hydrogen-bond donors (Lipinski definition) is 2. The molecule has 7 heteroatoms. The first-order valence-corrected chi connectivity index (χ1v) is 6.72. The Morgan fingerprint density at radius 1 is 1.50 bits per heavy atom. The van der Waals surface area contributed by atoms with Crippen LogP contribution in [0.1, 0.15) is 12.6 Å². The fourth-order valence-electron chi connectivity index (χ4n) is 1.31. The van der Waals surface area contributed by atoms with Gasteiger partial charge in [0.05, 0.1) is 17.2 Å². The summed E-state index contributed by atoms with van der Waals surface area (Å²) in [5.74, 6) is -1.62. The van der Waals surface area contributed by atoms with Crippen LogP contribution < -0.4 is 5.32 Å². The van der Waals surface area contributed by atoms with E-state index in [9.17, 15) is 13.8 Å². The highest BCUT2D eigenvalue weighted by Crippen LogP contribution is 2.01. The molecule has 2 N–H and O–H groups in total. The van der Waals surface area contributed by atoms with E-state index in [0.29, 0.717) is 5.69 Å². The Balaban J connectivity index is 2.56. The average Bonchev–Trinajstić information content (AvgIpc) is 2.28. The highest BCUT2D eigenvalue weighted by atomic mass is 32.2. The Hall–Kier alpha value is -1.76. The number of carboxylic acids is 1. The van der Waals surface area contributed by atoms with Crippen molar-refractivity contribution >= 4 is 22.7 Å². The van der Waals surface area contributed by atoms with Crippen LogP contribution in [0.4, 0.5) is 0 Å². The van der Waals surface area contributed by atoms with Gasteiger partial charge >= 0.3 is 5.97 Å². The maximum absolute atomic E-state index is 11.8. The molecule has 18 heavy (non-hydrogen) atoms. The van der Waals surface area contributed by atoms with Crippen LogP contribution in [0.15, 0.2) is 24.4 Å². The number of hydrogen-bond acceptors (Lipinski definition) is 4. The molecule has 6 nitrogen and oxygen atoms in total. The van der Waals surface area contributed by atoms with Crippen molar-refractivity contribution in [2.45, 2.75) is 18.7 Å². The predicted molar refractivity (Wildman–Crippen MR) is 66.2 cm³/mol. The Morgan fingerprint density at radius 3 is 2.72 bits per heavy atom. The molecular weight excluding hydrogens is 256 g/mol. The summed E-state index contributed by atoms with van der Waals surface area (Å²) in [5.41, 5.74) is 0.628. The van der Waals surface area contributed by atoms with Crippen LogP contribution in [0.2, 0.25) is 0 Å². The number of rotatable bonds is 6. The highest BCUT2D eigenvalue weighted by Gasteiger charge is 2.21. The zero-order valence-electron chi connectivity index (χ0n) is 9.83. The second-order valence-corrected chi connectivity index (χ2v) is 5.16. The van der Waals surface area contributed by atoms with E-state index in [2.05, 4.69) is 10.3 Å². The van der Waals surface area contributed by atoms with Gasteiger partial charge in [-0.25, -0.2) is 4.79 Å². The van der Waals surface area contributed by atoms with E-state index in [4.69, 9.17) is 5.11 Å². The van der Waals surface area contributed by atoms with E-state index in [1.165, 1.54) is 6.92 Å². The maximum Gasteiger partial charge on any atom is 0.327 e. The van der Waals surface area contributed by atoms with Crippen molar-refractivity contribution in [1.29, 1.82) is 0 Å². The van der Waals surface area contributed by atoms with Crippen LogP contribution in [-0.4, -0.2) is 38.0 Å². The van der Waals surface area contributed by atoms with Crippen molar-refractivity contribution in [2.24, 2.45) is 0 Å². The summed E-state index contributed by atoms with van der Waals surface area (Å²) >= 11 is 0. The summed E-state index contributed by atoms with van der Waals surface area (Å²) < 4.78 is 11.8. The first-order chi connectivity index (χ1) is 8.49. The lowest BCUT2D eigenvalue weighted by Crippen LogP contribution is -2.43. The van der Waals surface area contributed by atoms with Crippen molar-refractivity contribution in [3.8, 4) is 0 Å². The van der Waals surface area contributed by atoms with E-state index >= 15 is 0 Å². The number of nitrogens with one attached hydrogen (secondary N) is 1. The van der Waals surface area contributed by atoms with Gasteiger partial charge in [-0.1, -0.05) is 6.07 Å². The summed E-state index contributed by atoms with van der Waals surface area (Å²) in [6, 6.07) is 4.09. The summed E-state index contributed by atoms with van der Waals surface area (Å²) in [7, 11) is -1.40. The smallest absolute Gasteiger partial charge is 0.327 e. The Kier molecular flexibility index (Phi) is 5.44. The maximum atomic E-state index is 11.8. The molecule has 0 spiro atoms. The molecule has 0 bridgehead atoms. The fourth-order valence-corrected chi connectivity index (χ4v) is 2.53. The number of carbonyl (C=O) groups is 2. The van der Waals surface area contributed by atoms with Crippen molar-refractivity contribution in [3.63, 3.8) is 0 Å². The first-order valence-electron chi connectivity index (χ1n) is 5.24. The third kappa shape index (κ3) is 5.05. The standard InChI is InChI=1S/C11H14N2O4S/c1-8(14)13-10(11(15)16)7-18(17)6-9-4-2-3-5-12-9/h2-5,10H,6-7H2,1H3,(H,13,14)(H,15,16)/t10-,18?/m0/s1. The number of aromatic nitrogens is 1. The van der Waals surface area contributed by atoms with Crippen LogP contribution in [0.3, 0.4) is 0 Å². The van der Waals surface area contributed by atoms with Gasteiger partial charge in [0, 0.05) is 23.9 Å². The Bertz CT molecular complexity index is 450. The van der Waals surface area contributed by atoms with Gasteiger partial charge < -0.3 is 10.4 Å². The van der Waals surface area contributed by atoms with Gasteiger partial charge in [0.15, 0.2) is 0 Å². The summed E-state index contributed by atoms with van der Waals surface area (Å²) in [5, 5.41) is 11.1. The molecule has 0 saturated heterocycles. The number of carbonyl (C=O) groups excluding carboxylic acids is 1. The number of amides is 1. The molecule has 0 saturated carbocycles. The molecule has 98 valence electrons. The van der Waals surface area contributed by atoms with E-state index in [1.54, 1.807) is 24.4 Å². The zero-order chi connectivity index (χ0) is 13.5. The topological polar surface area (TPSA) is 96.4 Å². The highest BCUT2D eigenvalue weighted by molar-refractivity contribution is 7.84. The van der Waals surface area contributed by atoms with Gasteiger partial charge in [0.1, 0.15) is 6.04 Å². The third-order valence-electron chi connectivity index (χ3n) is 2.06. The quantitative estimate of drug-likeness (QED) is 0.753. The Morgan fingerprint density at radius 2 is 2.22 bits per heavy atom. The lowest BCUT2D eigenvalue weighted by Gasteiger charge is -2.12. The van der Waals surface area contributed by atoms with E-state index < -0.39 is 28.7 Å². The summed E-state index contributed by atoms with van der Waals surface area (Å²) in [6.07, 6.45) is 1.58. The predicted octanol–water partition coefficient (Wildman–Crippen LogP) is -0.0804. The van der Waals surface area contributed by atoms with Crippen molar-refractivity contribution in [1.82, 2.24) is 10.3 Å². The number of nitrogens with zero attached hydrogens (tertiary/aromatic N) is 1. The molecular formula is C11H14N2O4S. The third-order valence-corrected chi connectivity index (χ3v) is 3.39. The second kappa shape index (κ2) is 6.85. The summed E-state index contributed by atoms with van der Waals surface area (Å²) in [6.45, 7) is 1.22. The molecule has 1 amide bonds. The minimum Gasteiger partial charge on any atom is -0.480 e. The molecule has 1 aromatic rings. The van der Waals surface area contributed by atoms with Crippen molar-refractivity contribution < 1.29 is 18.9 Å². The van der Waals surface area contributed by atoms with E-state index in [-0.39, 0.29) is 11.5 Å². The molecule has 1 rings (SSSR count).